The Kier molecular flexibility index (Phi) is 4.73. The van der Waals surface area contributed by atoms with E-state index in [-0.39, 0.29) is 17.3 Å². The summed E-state index contributed by atoms with van der Waals surface area (Å²) in [4.78, 5) is 11.8. The molecule has 94 valence electrons. The van der Waals surface area contributed by atoms with Gasteiger partial charge in [0.1, 0.15) is 0 Å². The molecule has 2 heteroatoms. The third-order valence-corrected chi connectivity index (χ3v) is 2.43. The molecule has 1 aromatic rings. The molecular formula is C15H22O2. The minimum atomic E-state index is -0.108. The quantitative estimate of drug-likeness (QED) is 0.746. The molecule has 17 heavy (non-hydrogen) atoms. The van der Waals surface area contributed by atoms with Gasteiger partial charge < -0.3 is 4.74 Å². The van der Waals surface area contributed by atoms with Crippen LogP contribution in [0.5, 0.6) is 0 Å². The van der Waals surface area contributed by atoms with Crippen LogP contribution in [0.4, 0.5) is 0 Å². The minimum Gasteiger partial charge on any atom is -0.465 e. The number of hydrogen-bond acceptors (Lipinski definition) is 2. The van der Waals surface area contributed by atoms with Gasteiger partial charge in [-0.15, -0.1) is 0 Å². The molecule has 0 aliphatic heterocycles. The molecule has 0 fully saturated rings. The first-order valence-corrected chi connectivity index (χ1v) is 6.09. The van der Waals surface area contributed by atoms with E-state index in [9.17, 15) is 4.79 Å². The second-order valence-corrected chi connectivity index (χ2v) is 5.76. The van der Waals surface area contributed by atoms with Crippen LogP contribution in [0.15, 0.2) is 30.3 Å². The third kappa shape index (κ3) is 5.53. The molecule has 0 aromatic heterocycles. The maximum absolute atomic E-state index is 11.8. The maximum Gasteiger partial charge on any atom is 0.309 e. The summed E-state index contributed by atoms with van der Waals surface area (Å²) in [6, 6.07) is 10.0. The van der Waals surface area contributed by atoms with Crippen LogP contribution in [0.1, 0.15) is 33.3 Å². The van der Waals surface area contributed by atoms with Crippen molar-refractivity contribution in [1.82, 2.24) is 0 Å². The van der Waals surface area contributed by atoms with Crippen LogP contribution in [-0.2, 0) is 16.0 Å². The van der Waals surface area contributed by atoms with Gasteiger partial charge in [0.15, 0.2) is 0 Å². The first-order chi connectivity index (χ1) is 7.88. The molecule has 0 bridgehead atoms. The van der Waals surface area contributed by atoms with Gasteiger partial charge in [-0.2, -0.15) is 0 Å². The van der Waals surface area contributed by atoms with E-state index in [2.05, 4.69) is 20.8 Å². The second-order valence-electron chi connectivity index (χ2n) is 5.76. The number of benzene rings is 1. The third-order valence-electron chi connectivity index (χ3n) is 2.43. The SMILES string of the molecule is CC(Cc1ccccc1)C(=O)OCC(C)(C)C. The average Bonchev–Trinajstić information content (AvgIpc) is 2.26. The van der Waals surface area contributed by atoms with Gasteiger partial charge in [-0.3, -0.25) is 4.79 Å². The highest BCUT2D eigenvalue weighted by atomic mass is 16.5. The molecule has 0 radical (unpaired) electrons. The fourth-order valence-corrected chi connectivity index (χ4v) is 1.48. The molecule has 1 rings (SSSR count). The first kappa shape index (κ1) is 13.8. The zero-order valence-corrected chi connectivity index (χ0v) is 11.2. The molecule has 0 saturated heterocycles. The molecule has 0 N–H and O–H groups in total. The lowest BCUT2D eigenvalue weighted by atomic mass is 9.98. The summed E-state index contributed by atoms with van der Waals surface area (Å²) < 4.78 is 5.30. The lowest BCUT2D eigenvalue weighted by molar-refractivity contribution is -0.150. The molecule has 2 nitrogen and oxygen atoms in total. The molecule has 1 aromatic carbocycles. The molecule has 0 aliphatic carbocycles. The van der Waals surface area contributed by atoms with E-state index in [1.54, 1.807) is 0 Å². The Morgan fingerprint density at radius 3 is 2.35 bits per heavy atom. The van der Waals surface area contributed by atoms with Crippen LogP contribution < -0.4 is 0 Å². The number of ether oxygens (including phenoxy) is 1. The van der Waals surface area contributed by atoms with Crippen molar-refractivity contribution in [2.45, 2.75) is 34.1 Å². The fraction of sp³-hybridized carbons (Fsp3) is 0.533. The number of rotatable bonds is 4. The molecule has 0 saturated carbocycles. The predicted molar refractivity (Wildman–Crippen MR) is 69.7 cm³/mol. The van der Waals surface area contributed by atoms with Gasteiger partial charge in [-0.25, -0.2) is 0 Å². The van der Waals surface area contributed by atoms with Crippen LogP contribution in [-0.4, -0.2) is 12.6 Å². The number of carbonyl (C=O) groups is 1. The number of esters is 1. The zero-order chi connectivity index (χ0) is 12.9. The van der Waals surface area contributed by atoms with E-state index >= 15 is 0 Å². The van der Waals surface area contributed by atoms with Crippen molar-refractivity contribution < 1.29 is 9.53 Å². The van der Waals surface area contributed by atoms with Gasteiger partial charge in [0.25, 0.3) is 0 Å². The largest absolute Gasteiger partial charge is 0.465 e. The van der Waals surface area contributed by atoms with Crippen molar-refractivity contribution in [2.24, 2.45) is 11.3 Å². The first-order valence-electron chi connectivity index (χ1n) is 6.09. The van der Waals surface area contributed by atoms with Crippen molar-refractivity contribution in [1.29, 1.82) is 0 Å². The molecule has 1 atom stereocenters. The topological polar surface area (TPSA) is 26.3 Å². The smallest absolute Gasteiger partial charge is 0.309 e. The van der Waals surface area contributed by atoms with Crippen molar-refractivity contribution in [3.8, 4) is 0 Å². The van der Waals surface area contributed by atoms with Gasteiger partial charge in [-0.1, -0.05) is 58.0 Å². The summed E-state index contributed by atoms with van der Waals surface area (Å²) in [7, 11) is 0. The van der Waals surface area contributed by atoms with Crippen molar-refractivity contribution >= 4 is 5.97 Å². The summed E-state index contributed by atoms with van der Waals surface area (Å²) in [5.74, 6) is -0.191. The molecule has 0 amide bonds. The van der Waals surface area contributed by atoms with Crippen LogP contribution >= 0.6 is 0 Å². The van der Waals surface area contributed by atoms with Gasteiger partial charge in [-0.05, 0) is 17.4 Å². The highest BCUT2D eigenvalue weighted by Gasteiger charge is 2.18. The van der Waals surface area contributed by atoms with E-state index in [1.165, 1.54) is 5.56 Å². The summed E-state index contributed by atoms with van der Waals surface area (Å²) >= 11 is 0. The minimum absolute atomic E-state index is 0.0299. The van der Waals surface area contributed by atoms with E-state index in [0.29, 0.717) is 6.61 Å². The lowest BCUT2D eigenvalue weighted by Crippen LogP contribution is -2.23. The Balaban J connectivity index is 2.43. The van der Waals surface area contributed by atoms with E-state index < -0.39 is 0 Å². The number of carbonyl (C=O) groups excluding carboxylic acids is 1. The maximum atomic E-state index is 11.8. The van der Waals surface area contributed by atoms with Gasteiger partial charge in [0, 0.05) is 0 Å². The molecule has 0 heterocycles. The van der Waals surface area contributed by atoms with Crippen LogP contribution in [0.3, 0.4) is 0 Å². The summed E-state index contributed by atoms with van der Waals surface area (Å²) in [5, 5.41) is 0. The Morgan fingerprint density at radius 2 is 1.82 bits per heavy atom. The highest BCUT2D eigenvalue weighted by Crippen LogP contribution is 2.15. The predicted octanol–water partition coefficient (Wildman–Crippen LogP) is 3.45. The van der Waals surface area contributed by atoms with Crippen molar-refractivity contribution in [3.05, 3.63) is 35.9 Å². The van der Waals surface area contributed by atoms with Gasteiger partial charge in [0.2, 0.25) is 0 Å². The lowest BCUT2D eigenvalue weighted by Gasteiger charge is -2.19. The van der Waals surface area contributed by atoms with Crippen LogP contribution in [0.25, 0.3) is 0 Å². The highest BCUT2D eigenvalue weighted by molar-refractivity contribution is 5.72. The fourth-order valence-electron chi connectivity index (χ4n) is 1.48. The summed E-state index contributed by atoms with van der Waals surface area (Å²) in [6.07, 6.45) is 0.740. The Bertz CT molecular complexity index is 349. The normalized spacial score (nSPS) is 13.2. The Hall–Kier alpha value is -1.31. The van der Waals surface area contributed by atoms with E-state index in [1.807, 2.05) is 37.3 Å². The van der Waals surface area contributed by atoms with E-state index in [0.717, 1.165) is 6.42 Å². The van der Waals surface area contributed by atoms with Crippen molar-refractivity contribution in [3.63, 3.8) is 0 Å². The summed E-state index contributed by atoms with van der Waals surface area (Å²) in [6.45, 7) is 8.56. The van der Waals surface area contributed by atoms with Gasteiger partial charge >= 0.3 is 5.97 Å². The average molecular weight is 234 g/mol. The summed E-state index contributed by atoms with van der Waals surface area (Å²) in [5.41, 5.74) is 1.20. The van der Waals surface area contributed by atoms with Crippen molar-refractivity contribution in [2.75, 3.05) is 6.61 Å². The molecular weight excluding hydrogens is 212 g/mol. The van der Waals surface area contributed by atoms with Crippen LogP contribution in [0.2, 0.25) is 0 Å². The van der Waals surface area contributed by atoms with E-state index in [4.69, 9.17) is 4.74 Å². The molecule has 0 aliphatic rings. The molecule has 0 spiro atoms. The van der Waals surface area contributed by atoms with Crippen LogP contribution in [0, 0.1) is 11.3 Å². The van der Waals surface area contributed by atoms with Gasteiger partial charge in [0.05, 0.1) is 12.5 Å². The Labute approximate surface area is 104 Å². The second kappa shape index (κ2) is 5.85. The Morgan fingerprint density at radius 1 is 1.24 bits per heavy atom. The standard InChI is InChI=1S/C15H22O2/c1-12(10-13-8-6-5-7-9-13)14(16)17-11-15(2,3)4/h5-9,12H,10-11H2,1-4H3. The molecule has 1 unspecified atom stereocenters. The monoisotopic (exact) mass is 234 g/mol. The number of hydrogen-bond donors (Lipinski definition) is 0. The zero-order valence-electron chi connectivity index (χ0n) is 11.2.